The second kappa shape index (κ2) is 5.51. The minimum atomic E-state index is -0.621. The van der Waals surface area contributed by atoms with Crippen molar-refractivity contribution in [3.8, 4) is 0 Å². The Hall–Kier alpha value is -1.38. The van der Waals surface area contributed by atoms with Gasteiger partial charge in [0.05, 0.1) is 5.92 Å². The van der Waals surface area contributed by atoms with E-state index in [0.29, 0.717) is 5.92 Å². The van der Waals surface area contributed by atoms with Gasteiger partial charge < -0.3 is 5.11 Å². The molecule has 0 atom stereocenters. The van der Waals surface area contributed by atoms with Gasteiger partial charge in [0, 0.05) is 11.9 Å². The highest BCUT2D eigenvalue weighted by Gasteiger charge is 2.26. The number of carboxylic acids is 1. The van der Waals surface area contributed by atoms with E-state index in [2.05, 4.69) is 18.0 Å². The average molecular weight is 247 g/mol. The van der Waals surface area contributed by atoms with Crippen molar-refractivity contribution in [2.45, 2.75) is 46.0 Å². The summed E-state index contributed by atoms with van der Waals surface area (Å²) in [6.07, 6.45) is 6.76. The van der Waals surface area contributed by atoms with E-state index in [1.165, 1.54) is 11.1 Å². The largest absolute Gasteiger partial charge is 0.481 e. The maximum absolute atomic E-state index is 10.9. The molecule has 3 heteroatoms. The van der Waals surface area contributed by atoms with Crippen LogP contribution in [-0.4, -0.2) is 16.1 Å². The molecule has 1 aliphatic carbocycles. The SMILES string of the molecule is Cc1cc(C[C@H]2CC[C@H](C(=O)O)CC2)c(C)cn1. The molecular weight excluding hydrogens is 226 g/mol. The van der Waals surface area contributed by atoms with Crippen LogP contribution in [0.4, 0.5) is 0 Å². The zero-order chi connectivity index (χ0) is 13.1. The van der Waals surface area contributed by atoms with Crippen molar-refractivity contribution in [1.29, 1.82) is 0 Å². The third-order valence-corrected chi connectivity index (χ3v) is 4.06. The van der Waals surface area contributed by atoms with Crippen LogP contribution in [0.15, 0.2) is 12.3 Å². The zero-order valence-corrected chi connectivity index (χ0v) is 11.1. The molecule has 1 saturated carbocycles. The topological polar surface area (TPSA) is 50.2 Å². The average Bonchev–Trinajstić information content (AvgIpc) is 2.34. The molecule has 0 saturated heterocycles. The molecule has 18 heavy (non-hydrogen) atoms. The van der Waals surface area contributed by atoms with Gasteiger partial charge in [-0.05, 0) is 69.1 Å². The van der Waals surface area contributed by atoms with E-state index in [1.54, 1.807) is 0 Å². The first-order valence-corrected chi connectivity index (χ1v) is 6.71. The van der Waals surface area contributed by atoms with Crippen molar-refractivity contribution in [1.82, 2.24) is 4.98 Å². The first-order valence-electron chi connectivity index (χ1n) is 6.71. The van der Waals surface area contributed by atoms with Crippen LogP contribution in [0.2, 0.25) is 0 Å². The Bertz CT molecular complexity index is 434. The van der Waals surface area contributed by atoms with Crippen LogP contribution >= 0.6 is 0 Å². The van der Waals surface area contributed by atoms with Gasteiger partial charge in [-0.2, -0.15) is 0 Å². The quantitative estimate of drug-likeness (QED) is 0.892. The van der Waals surface area contributed by atoms with Gasteiger partial charge in [-0.1, -0.05) is 0 Å². The van der Waals surface area contributed by atoms with Crippen LogP contribution in [0.1, 0.15) is 42.5 Å². The van der Waals surface area contributed by atoms with Gasteiger partial charge in [-0.3, -0.25) is 9.78 Å². The van der Waals surface area contributed by atoms with Crippen molar-refractivity contribution in [2.75, 3.05) is 0 Å². The summed E-state index contributed by atoms with van der Waals surface area (Å²) in [5.74, 6) is -0.0907. The number of hydrogen-bond acceptors (Lipinski definition) is 2. The minimum Gasteiger partial charge on any atom is -0.481 e. The number of carbonyl (C=O) groups is 1. The van der Waals surface area contributed by atoms with E-state index < -0.39 is 5.97 Å². The number of aromatic nitrogens is 1. The molecule has 0 aliphatic heterocycles. The molecule has 1 fully saturated rings. The molecule has 1 aromatic heterocycles. The normalized spacial score (nSPS) is 23.9. The lowest BCUT2D eigenvalue weighted by atomic mass is 9.79. The van der Waals surface area contributed by atoms with Gasteiger partial charge in [0.15, 0.2) is 0 Å². The number of rotatable bonds is 3. The fourth-order valence-corrected chi connectivity index (χ4v) is 2.83. The third-order valence-electron chi connectivity index (χ3n) is 4.06. The summed E-state index contributed by atoms with van der Waals surface area (Å²) in [5, 5.41) is 8.99. The summed E-state index contributed by atoms with van der Waals surface area (Å²) in [5.41, 5.74) is 3.69. The van der Waals surface area contributed by atoms with Gasteiger partial charge in [0.25, 0.3) is 0 Å². The van der Waals surface area contributed by atoms with Crippen LogP contribution in [0.25, 0.3) is 0 Å². The van der Waals surface area contributed by atoms with Crippen molar-refractivity contribution in [3.05, 3.63) is 29.1 Å². The second-order valence-corrected chi connectivity index (χ2v) is 5.51. The smallest absolute Gasteiger partial charge is 0.306 e. The molecule has 1 heterocycles. The van der Waals surface area contributed by atoms with Crippen LogP contribution in [0.3, 0.4) is 0 Å². The molecular formula is C15H21NO2. The Morgan fingerprint density at radius 3 is 2.61 bits per heavy atom. The van der Waals surface area contributed by atoms with Crippen molar-refractivity contribution >= 4 is 5.97 Å². The summed E-state index contributed by atoms with van der Waals surface area (Å²) >= 11 is 0. The summed E-state index contributed by atoms with van der Waals surface area (Å²) in [6, 6.07) is 2.17. The Morgan fingerprint density at radius 2 is 2.00 bits per heavy atom. The Balaban J connectivity index is 1.95. The highest BCUT2D eigenvalue weighted by molar-refractivity contribution is 5.69. The first-order chi connectivity index (χ1) is 8.56. The summed E-state index contributed by atoms with van der Waals surface area (Å²) in [4.78, 5) is 15.2. The van der Waals surface area contributed by atoms with Gasteiger partial charge in [0.1, 0.15) is 0 Å². The minimum absolute atomic E-state index is 0.110. The number of aliphatic carboxylic acids is 1. The van der Waals surface area contributed by atoms with Crippen LogP contribution < -0.4 is 0 Å². The molecule has 2 rings (SSSR count). The summed E-state index contributed by atoms with van der Waals surface area (Å²) in [7, 11) is 0. The predicted molar refractivity (Wildman–Crippen MR) is 70.5 cm³/mol. The summed E-state index contributed by atoms with van der Waals surface area (Å²) in [6.45, 7) is 4.12. The van der Waals surface area contributed by atoms with Gasteiger partial charge in [0.2, 0.25) is 0 Å². The lowest BCUT2D eigenvalue weighted by Crippen LogP contribution is -2.22. The second-order valence-electron chi connectivity index (χ2n) is 5.51. The molecule has 1 aliphatic rings. The molecule has 1 aromatic rings. The van der Waals surface area contributed by atoms with Gasteiger partial charge in [-0.25, -0.2) is 0 Å². The van der Waals surface area contributed by atoms with Crippen molar-refractivity contribution < 1.29 is 9.90 Å². The highest BCUT2D eigenvalue weighted by atomic mass is 16.4. The van der Waals surface area contributed by atoms with Crippen LogP contribution in [0.5, 0.6) is 0 Å². The third kappa shape index (κ3) is 3.09. The van der Waals surface area contributed by atoms with Crippen molar-refractivity contribution in [3.63, 3.8) is 0 Å². The van der Waals surface area contributed by atoms with Crippen LogP contribution in [-0.2, 0) is 11.2 Å². The number of pyridine rings is 1. The number of hydrogen-bond donors (Lipinski definition) is 1. The standard InChI is InChI=1S/C15H21NO2/c1-10-9-16-11(2)7-14(10)8-12-3-5-13(6-4-12)15(17)18/h7,9,12-13H,3-6,8H2,1-2H3,(H,17,18)/t12-,13-. The number of aryl methyl sites for hydroxylation is 2. The molecule has 98 valence electrons. The molecule has 0 spiro atoms. The molecule has 0 unspecified atom stereocenters. The number of carboxylic acid groups (broad SMARTS) is 1. The van der Waals surface area contributed by atoms with Gasteiger partial charge in [-0.15, -0.1) is 0 Å². The fraction of sp³-hybridized carbons (Fsp3) is 0.600. The van der Waals surface area contributed by atoms with E-state index in [0.717, 1.165) is 37.8 Å². The predicted octanol–water partition coefficient (Wildman–Crippen LogP) is 3.13. The number of nitrogens with zero attached hydrogens (tertiary/aromatic N) is 1. The van der Waals surface area contributed by atoms with E-state index in [9.17, 15) is 4.79 Å². The van der Waals surface area contributed by atoms with Crippen LogP contribution in [0, 0.1) is 25.7 Å². The molecule has 0 radical (unpaired) electrons. The highest BCUT2D eigenvalue weighted by Crippen LogP contribution is 2.31. The summed E-state index contributed by atoms with van der Waals surface area (Å²) < 4.78 is 0. The lowest BCUT2D eigenvalue weighted by molar-refractivity contribution is -0.143. The monoisotopic (exact) mass is 247 g/mol. The van der Waals surface area contributed by atoms with E-state index >= 15 is 0 Å². The Labute approximate surface area is 108 Å². The molecule has 1 N–H and O–H groups in total. The Morgan fingerprint density at radius 1 is 1.33 bits per heavy atom. The van der Waals surface area contributed by atoms with E-state index in [1.807, 2.05) is 13.1 Å². The maximum Gasteiger partial charge on any atom is 0.306 e. The maximum atomic E-state index is 10.9. The first kappa shape index (κ1) is 13.1. The fourth-order valence-electron chi connectivity index (χ4n) is 2.83. The molecule has 3 nitrogen and oxygen atoms in total. The van der Waals surface area contributed by atoms with Crippen molar-refractivity contribution in [2.24, 2.45) is 11.8 Å². The molecule has 0 amide bonds. The van der Waals surface area contributed by atoms with E-state index in [-0.39, 0.29) is 5.92 Å². The van der Waals surface area contributed by atoms with E-state index in [4.69, 9.17) is 5.11 Å². The Kier molecular flexibility index (Phi) is 4.00. The molecule has 0 aromatic carbocycles. The van der Waals surface area contributed by atoms with Gasteiger partial charge >= 0.3 is 5.97 Å². The lowest BCUT2D eigenvalue weighted by Gasteiger charge is -2.26. The molecule has 0 bridgehead atoms. The zero-order valence-electron chi connectivity index (χ0n) is 11.1.